The van der Waals surface area contributed by atoms with Crippen LogP contribution < -0.4 is 17.0 Å². The van der Waals surface area contributed by atoms with Crippen LogP contribution in [0.15, 0.2) is 15.7 Å². The summed E-state index contributed by atoms with van der Waals surface area (Å²) in [6.45, 7) is 0.375. The third-order valence-corrected chi connectivity index (χ3v) is 3.22. The fourth-order valence-electron chi connectivity index (χ4n) is 2.07. The molecule has 1 aromatic heterocycles. The number of likely N-dealkylation sites (N-methyl/N-ethyl adjacent to an activating group) is 1. The smallest absolute Gasteiger partial charge is 0.326 e. The summed E-state index contributed by atoms with van der Waals surface area (Å²) in [4.78, 5) is 40.2. The van der Waals surface area contributed by atoms with E-state index in [4.69, 9.17) is 5.73 Å². The largest absolute Gasteiger partial charge is 0.336 e. The normalized spacial score (nSPS) is 16.3. The Morgan fingerprint density at radius 3 is 2.67 bits per heavy atom. The maximum absolute atomic E-state index is 12.1. The van der Waals surface area contributed by atoms with Crippen molar-refractivity contribution in [2.45, 2.75) is 18.9 Å². The molecule has 0 aromatic carbocycles. The monoisotopic (exact) mass is 252 g/mol. The Hall–Kier alpha value is -1.89. The highest BCUT2D eigenvalue weighted by Gasteiger charge is 2.35. The Morgan fingerprint density at radius 2 is 2.17 bits per heavy atom. The SMILES string of the molecule is CN(C(=O)c1cc(=O)[nH]c(=O)[nH]1)C(CN)C1CC1. The minimum atomic E-state index is -0.685. The second-order valence-electron chi connectivity index (χ2n) is 4.56. The van der Waals surface area contributed by atoms with Crippen LogP contribution >= 0.6 is 0 Å². The summed E-state index contributed by atoms with van der Waals surface area (Å²) in [7, 11) is 1.64. The van der Waals surface area contributed by atoms with Gasteiger partial charge in [0.2, 0.25) is 0 Å². The Morgan fingerprint density at radius 1 is 1.50 bits per heavy atom. The molecule has 1 saturated carbocycles. The maximum Gasteiger partial charge on any atom is 0.326 e. The minimum absolute atomic E-state index is 0.00894. The van der Waals surface area contributed by atoms with Gasteiger partial charge >= 0.3 is 5.69 Å². The average molecular weight is 252 g/mol. The molecule has 0 aliphatic heterocycles. The van der Waals surface area contributed by atoms with Crippen molar-refractivity contribution in [2.24, 2.45) is 11.7 Å². The predicted molar refractivity (Wildman–Crippen MR) is 65.3 cm³/mol. The quantitative estimate of drug-likeness (QED) is 0.629. The van der Waals surface area contributed by atoms with Gasteiger partial charge in [0.25, 0.3) is 11.5 Å². The molecule has 18 heavy (non-hydrogen) atoms. The highest BCUT2D eigenvalue weighted by molar-refractivity contribution is 5.92. The highest BCUT2D eigenvalue weighted by atomic mass is 16.2. The van der Waals surface area contributed by atoms with Crippen LogP contribution in [0.2, 0.25) is 0 Å². The van der Waals surface area contributed by atoms with E-state index < -0.39 is 11.2 Å². The lowest BCUT2D eigenvalue weighted by Gasteiger charge is -2.26. The summed E-state index contributed by atoms with van der Waals surface area (Å²) < 4.78 is 0. The van der Waals surface area contributed by atoms with Crippen LogP contribution in [-0.2, 0) is 0 Å². The first-order valence-corrected chi connectivity index (χ1v) is 5.84. The van der Waals surface area contributed by atoms with Crippen LogP contribution in [0.1, 0.15) is 23.3 Å². The molecule has 1 heterocycles. The number of amides is 1. The molecule has 1 amide bonds. The number of hydrogen-bond acceptors (Lipinski definition) is 4. The number of aromatic amines is 2. The van der Waals surface area contributed by atoms with E-state index >= 15 is 0 Å². The molecule has 98 valence electrons. The van der Waals surface area contributed by atoms with Crippen molar-refractivity contribution < 1.29 is 4.79 Å². The Kier molecular flexibility index (Phi) is 3.33. The molecule has 1 aliphatic carbocycles. The summed E-state index contributed by atoms with van der Waals surface area (Å²) in [5.74, 6) is 0.0400. The number of nitrogens with one attached hydrogen (secondary N) is 2. The Bertz CT molecular complexity index is 530. The van der Waals surface area contributed by atoms with E-state index in [9.17, 15) is 14.4 Å². The molecule has 7 nitrogen and oxygen atoms in total. The molecule has 0 radical (unpaired) electrons. The molecule has 0 spiro atoms. The highest BCUT2D eigenvalue weighted by Crippen LogP contribution is 2.34. The summed E-state index contributed by atoms with van der Waals surface area (Å²) in [5.41, 5.74) is 4.37. The second kappa shape index (κ2) is 4.77. The molecular formula is C11H16N4O3. The van der Waals surface area contributed by atoms with E-state index in [2.05, 4.69) is 4.98 Å². The van der Waals surface area contributed by atoms with Crippen molar-refractivity contribution in [2.75, 3.05) is 13.6 Å². The third kappa shape index (κ3) is 2.51. The fourth-order valence-corrected chi connectivity index (χ4v) is 2.07. The number of nitrogens with two attached hydrogens (primary N) is 1. The van der Waals surface area contributed by atoms with Crippen LogP contribution in [0.5, 0.6) is 0 Å². The number of hydrogen-bond donors (Lipinski definition) is 3. The summed E-state index contributed by atoms with van der Waals surface area (Å²) >= 11 is 0. The van der Waals surface area contributed by atoms with E-state index in [0.717, 1.165) is 18.9 Å². The molecule has 2 rings (SSSR count). The summed E-state index contributed by atoms with van der Waals surface area (Å²) in [6, 6.07) is 1.04. The number of aromatic nitrogens is 2. The molecule has 1 unspecified atom stereocenters. The fraction of sp³-hybridized carbons (Fsp3) is 0.545. The second-order valence-corrected chi connectivity index (χ2v) is 4.56. The molecule has 4 N–H and O–H groups in total. The van der Waals surface area contributed by atoms with Crippen molar-refractivity contribution in [3.63, 3.8) is 0 Å². The van der Waals surface area contributed by atoms with E-state index in [0.29, 0.717) is 12.5 Å². The summed E-state index contributed by atoms with van der Waals surface area (Å²) in [6.07, 6.45) is 2.12. The van der Waals surface area contributed by atoms with Gasteiger partial charge in [-0.1, -0.05) is 0 Å². The van der Waals surface area contributed by atoms with Crippen molar-refractivity contribution in [1.82, 2.24) is 14.9 Å². The number of carbonyl (C=O) groups is 1. The van der Waals surface area contributed by atoms with E-state index in [1.165, 1.54) is 4.90 Å². The zero-order valence-electron chi connectivity index (χ0n) is 10.1. The van der Waals surface area contributed by atoms with Gasteiger partial charge in [0.1, 0.15) is 5.69 Å². The molecule has 7 heteroatoms. The topological polar surface area (TPSA) is 112 Å². The maximum atomic E-state index is 12.1. The van der Waals surface area contributed by atoms with Gasteiger partial charge in [-0.2, -0.15) is 0 Å². The van der Waals surface area contributed by atoms with Crippen molar-refractivity contribution in [3.8, 4) is 0 Å². The zero-order chi connectivity index (χ0) is 13.3. The number of carbonyl (C=O) groups excluding carboxylic acids is 1. The first-order chi connectivity index (χ1) is 8.52. The van der Waals surface area contributed by atoms with Crippen LogP contribution in [0.3, 0.4) is 0 Å². The van der Waals surface area contributed by atoms with Crippen LogP contribution in [0.25, 0.3) is 0 Å². The standard InChI is InChI=1S/C11H16N4O3/c1-15(8(5-12)6-2-3-6)10(17)7-4-9(16)14-11(18)13-7/h4,6,8H,2-3,5,12H2,1H3,(H2,13,14,16,18). The van der Waals surface area contributed by atoms with Gasteiger partial charge in [0.15, 0.2) is 0 Å². The lowest BCUT2D eigenvalue weighted by Crippen LogP contribution is -2.44. The van der Waals surface area contributed by atoms with Crippen molar-refractivity contribution >= 4 is 5.91 Å². The lowest BCUT2D eigenvalue weighted by atomic mass is 10.1. The molecule has 1 aliphatic rings. The zero-order valence-corrected chi connectivity index (χ0v) is 10.1. The number of rotatable bonds is 4. The molecule has 0 bridgehead atoms. The van der Waals surface area contributed by atoms with Gasteiger partial charge < -0.3 is 15.6 Å². The molecule has 1 fully saturated rings. The first-order valence-electron chi connectivity index (χ1n) is 5.84. The Labute approximate surface area is 103 Å². The molecule has 1 aromatic rings. The third-order valence-electron chi connectivity index (χ3n) is 3.22. The van der Waals surface area contributed by atoms with Crippen LogP contribution in [0, 0.1) is 5.92 Å². The summed E-state index contributed by atoms with van der Waals surface area (Å²) in [5, 5.41) is 0. The van der Waals surface area contributed by atoms with Gasteiger partial charge in [-0.05, 0) is 18.8 Å². The average Bonchev–Trinajstić information content (AvgIpc) is 3.12. The van der Waals surface area contributed by atoms with Gasteiger partial charge in [-0.15, -0.1) is 0 Å². The van der Waals surface area contributed by atoms with Gasteiger partial charge in [-0.3, -0.25) is 14.6 Å². The van der Waals surface area contributed by atoms with Crippen LogP contribution in [-0.4, -0.2) is 40.4 Å². The number of H-pyrrole nitrogens is 2. The van der Waals surface area contributed by atoms with Crippen LogP contribution in [0.4, 0.5) is 0 Å². The minimum Gasteiger partial charge on any atom is -0.336 e. The van der Waals surface area contributed by atoms with E-state index in [-0.39, 0.29) is 17.6 Å². The predicted octanol–water partition coefficient (Wildman–Crippen LogP) is -1.13. The van der Waals surface area contributed by atoms with Crippen molar-refractivity contribution in [1.29, 1.82) is 0 Å². The van der Waals surface area contributed by atoms with Gasteiger partial charge in [0, 0.05) is 25.7 Å². The van der Waals surface area contributed by atoms with Gasteiger partial charge in [-0.25, -0.2) is 4.79 Å². The first kappa shape index (κ1) is 12.6. The molecule has 1 atom stereocenters. The van der Waals surface area contributed by atoms with Crippen molar-refractivity contribution in [3.05, 3.63) is 32.6 Å². The Balaban J connectivity index is 2.24. The van der Waals surface area contributed by atoms with E-state index in [1.54, 1.807) is 7.05 Å². The number of nitrogens with zero attached hydrogens (tertiary/aromatic N) is 1. The molecule has 0 saturated heterocycles. The van der Waals surface area contributed by atoms with E-state index in [1.807, 2.05) is 4.98 Å². The van der Waals surface area contributed by atoms with Gasteiger partial charge in [0.05, 0.1) is 0 Å². The molecular weight excluding hydrogens is 236 g/mol. The lowest BCUT2D eigenvalue weighted by molar-refractivity contribution is 0.0712.